The molecule has 1 saturated heterocycles. The molecule has 132 valence electrons. The monoisotopic (exact) mass is 342 g/mol. The molecule has 3 rings (SSSR count). The molecule has 1 amide bonds. The molecule has 0 radical (unpaired) electrons. The van der Waals surface area contributed by atoms with Gasteiger partial charge in [-0.25, -0.2) is 9.97 Å². The molecule has 7 heteroatoms. The first-order valence-electron chi connectivity index (χ1n) is 8.38. The van der Waals surface area contributed by atoms with E-state index in [2.05, 4.69) is 20.2 Å². The van der Waals surface area contributed by atoms with Gasteiger partial charge in [-0.15, -0.1) is 0 Å². The van der Waals surface area contributed by atoms with Gasteiger partial charge in [-0.1, -0.05) is 6.07 Å². The Bertz CT molecular complexity index is 717. The van der Waals surface area contributed by atoms with Crippen LogP contribution in [-0.2, 0) is 4.79 Å². The zero-order chi connectivity index (χ0) is 17.5. The third kappa shape index (κ3) is 4.82. The van der Waals surface area contributed by atoms with Gasteiger partial charge in [0.1, 0.15) is 29.5 Å². The number of hydrogen-bond donors (Lipinski definition) is 1. The molecule has 0 spiro atoms. The molecule has 2 aromatic rings. The lowest BCUT2D eigenvalue weighted by Crippen LogP contribution is -2.30. The molecule has 2 heterocycles. The van der Waals surface area contributed by atoms with Gasteiger partial charge in [-0.3, -0.25) is 4.79 Å². The first kappa shape index (κ1) is 17.0. The summed E-state index contributed by atoms with van der Waals surface area (Å²) in [6.45, 7) is 1.88. The minimum Gasteiger partial charge on any atom is -0.497 e. The normalized spacial score (nSPS) is 14.0. The van der Waals surface area contributed by atoms with Crippen molar-refractivity contribution in [2.75, 3.05) is 37.0 Å². The second-order valence-corrected chi connectivity index (χ2v) is 5.82. The van der Waals surface area contributed by atoms with Crippen LogP contribution in [0.4, 0.5) is 11.6 Å². The van der Waals surface area contributed by atoms with Crippen LogP contribution in [-0.4, -0.2) is 42.7 Å². The van der Waals surface area contributed by atoms with Crippen molar-refractivity contribution in [1.82, 2.24) is 9.97 Å². The highest BCUT2D eigenvalue weighted by Gasteiger charge is 2.13. The van der Waals surface area contributed by atoms with Crippen LogP contribution in [0.15, 0.2) is 36.7 Å². The van der Waals surface area contributed by atoms with Crippen LogP contribution >= 0.6 is 0 Å². The SMILES string of the molecule is COc1cccc(OCC(=O)Nc2cc(N3CCCCC3)ncn2)c1. The van der Waals surface area contributed by atoms with Crippen LogP contribution in [0.5, 0.6) is 11.5 Å². The largest absolute Gasteiger partial charge is 0.497 e. The Balaban J connectivity index is 1.55. The second kappa shape index (κ2) is 8.32. The highest BCUT2D eigenvalue weighted by Crippen LogP contribution is 2.20. The number of aromatic nitrogens is 2. The Morgan fingerprint density at radius 2 is 1.96 bits per heavy atom. The third-order valence-electron chi connectivity index (χ3n) is 4.01. The van der Waals surface area contributed by atoms with Crippen molar-refractivity contribution in [3.05, 3.63) is 36.7 Å². The van der Waals surface area contributed by atoms with Gasteiger partial charge in [0.25, 0.3) is 5.91 Å². The number of anilines is 2. The van der Waals surface area contributed by atoms with Crippen LogP contribution < -0.4 is 19.7 Å². The van der Waals surface area contributed by atoms with Crippen molar-refractivity contribution in [3.63, 3.8) is 0 Å². The van der Waals surface area contributed by atoms with E-state index in [1.54, 1.807) is 31.4 Å². The second-order valence-electron chi connectivity index (χ2n) is 5.82. The van der Waals surface area contributed by atoms with Crippen molar-refractivity contribution in [2.45, 2.75) is 19.3 Å². The molecule has 1 aromatic heterocycles. The maximum absolute atomic E-state index is 12.1. The molecule has 1 fully saturated rings. The summed E-state index contributed by atoms with van der Waals surface area (Å²) < 4.78 is 10.6. The Kier molecular flexibility index (Phi) is 5.66. The Morgan fingerprint density at radius 3 is 2.76 bits per heavy atom. The molecular weight excluding hydrogens is 320 g/mol. The standard InChI is InChI=1S/C18H22N4O3/c1-24-14-6-5-7-15(10-14)25-12-18(23)21-16-11-17(20-13-19-16)22-8-3-2-4-9-22/h5-7,10-11,13H,2-4,8-9,12H2,1H3,(H,19,20,21,23). The third-order valence-corrected chi connectivity index (χ3v) is 4.01. The summed E-state index contributed by atoms with van der Waals surface area (Å²) in [7, 11) is 1.58. The highest BCUT2D eigenvalue weighted by atomic mass is 16.5. The smallest absolute Gasteiger partial charge is 0.263 e. The minimum atomic E-state index is -0.272. The van der Waals surface area contributed by atoms with Gasteiger partial charge in [0.15, 0.2) is 6.61 Å². The lowest BCUT2D eigenvalue weighted by atomic mass is 10.1. The van der Waals surface area contributed by atoms with E-state index in [4.69, 9.17) is 9.47 Å². The number of ether oxygens (including phenoxy) is 2. The van der Waals surface area contributed by atoms with E-state index in [9.17, 15) is 4.79 Å². The molecule has 0 unspecified atom stereocenters. The number of amides is 1. The average molecular weight is 342 g/mol. The number of carbonyl (C=O) groups is 1. The highest BCUT2D eigenvalue weighted by molar-refractivity contribution is 5.91. The van der Waals surface area contributed by atoms with Gasteiger partial charge in [-0.05, 0) is 31.4 Å². The van der Waals surface area contributed by atoms with Crippen LogP contribution in [0, 0.1) is 0 Å². The predicted molar refractivity (Wildman–Crippen MR) is 95.2 cm³/mol. The molecular formula is C18H22N4O3. The topological polar surface area (TPSA) is 76.6 Å². The Labute approximate surface area is 147 Å². The zero-order valence-corrected chi connectivity index (χ0v) is 14.3. The quantitative estimate of drug-likeness (QED) is 0.869. The van der Waals surface area contributed by atoms with E-state index >= 15 is 0 Å². The van der Waals surface area contributed by atoms with Gasteiger partial charge < -0.3 is 19.7 Å². The van der Waals surface area contributed by atoms with Crippen molar-refractivity contribution < 1.29 is 14.3 Å². The molecule has 1 N–H and O–H groups in total. The molecule has 0 bridgehead atoms. The molecule has 1 aliphatic heterocycles. The molecule has 0 saturated carbocycles. The van der Waals surface area contributed by atoms with E-state index in [0.717, 1.165) is 18.9 Å². The van der Waals surface area contributed by atoms with Crippen molar-refractivity contribution in [3.8, 4) is 11.5 Å². The van der Waals surface area contributed by atoms with Crippen LogP contribution in [0.3, 0.4) is 0 Å². The van der Waals surface area contributed by atoms with E-state index in [-0.39, 0.29) is 12.5 Å². The lowest BCUT2D eigenvalue weighted by Gasteiger charge is -2.27. The number of nitrogens with one attached hydrogen (secondary N) is 1. The van der Waals surface area contributed by atoms with Crippen molar-refractivity contribution >= 4 is 17.5 Å². The minimum absolute atomic E-state index is 0.101. The maximum Gasteiger partial charge on any atom is 0.263 e. The van der Waals surface area contributed by atoms with Gasteiger partial charge >= 0.3 is 0 Å². The summed E-state index contributed by atoms with van der Waals surface area (Å²) in [5.74, 6) is 2.31. The Morgan fingerprint density at radius 1 is 1.16 bits per heavy atom. The van der Waals surface area contributed by atoms with E-state index in [1.165, 1.54) is 25.6 Å². The zero-order valence-electron chi connectivity index (χ0n) is 14.3. The molecule has 1 aliphatic rings. The summed E-state index contributed by atoms with van der Waals surface area (Å²) in [5, 5.41) is 2.75. The number of rotatable bonds is 6. The van der Waals surface area contributed by atoms with Gasteiger partial charge in [0.2, 0.25) is 0 Å². The molecule has 0 aliphatic carbocycles. The number of hydrogen-bond acceptors (Lipinski definition) is 6. The molecule has 7 nitrogen and oxygen atoms in total. The number of benzene rings is 1. The number of methoxy groups -OCH3 is 1. The van der Waals surface area contributed by atoms with Crippen molar-refractivity contribution in [2.24, 2.45) is 0 Å². The first-order valence-corrected chi connectivity index (χ1v) is 8.38. The summed E-state index contributed by atoms with van der Waals surface area (Å²) in [6, 6.07) is 8.92. The predicted octanol–water partition coefficient (Wildman–Crippen LogP) is 2.49. The summed E-state index contributed by atoms with van der Waals surface area (Å²) in [4.78, 5) is 22.7. The number of piperidine rings is 1. The Hall–Kier alpha value is -2.83. The van der Waals surface area contributed by atoms with Gasteiger partial charge in [0.05, 0.1) is 7.11 Å². The van der Waals surface area contributed by atoms with Crippen molar-refractivity contribution in [1.29, 1.82) is 0 Å². The van der Waals surface area contributed by atoms with E-state index in [0.29, 0.717) is 17.3 Å². The summed E-state index contributed by atoms with van der Waals surface area (Å²) >= 11 is 0. The molecule has 25 heavy (non-hydrogen) atoms. The fourth-order valence-corrected chi connectivity index (χ4v) is 2.73. The summed E-state index contributed by atoms with van der Waals surface area (Å²) in [5.41, 5.74) is 0. The van der Waals surface area contributed by atoms with Gasteiger partial charge in [0, 0.05) is 25.2 Å². The number of nitrogens with zero attached hydrogens (tertiary/aromatic N) is 3. The van der Waals surface area contributed by atoms with E-state index in [1.807, 2.05) is 6.07 Å². The fourth-order valence-electron chi connectivity index (χ4n) is 2.73. The van der Waals surface area contributed by atoms with Gasteiger partial charge in [-0.2, -0.15) is 0 Å². The summed E-state index contributed by atoms with van der Waals surface area (Å²) in [6.07, 6.45) is 5.06. The number of carbonyl (C=O) groups excluding carboxylic acids is 1. The molecule has 0 atom stereocenters. The van der Waals surface area contributed by atoms with Crippen LogP contribution in [0.25, 0.3) is 0 Å². The van der Waals surface area contributed by atoms with Crippen LogP contribution in [0.1, 0.15) is 19.3 Å². The lowest BCUT2D eigenvalue weighted by molar-refractivity contribution is -0.118. The fraction of sp³-hybridized carbons (Fsp3) is 0.389. The van der Waals surface area contributed by atoms with E-state index < -0.39 is 0 Å². The average Bonchev–Trinajstić information content (AvgIpc) is 2.67. The maximum atomic E-state index is 12.1. The van der Waals surface area contributed by atoms with Crippen LogP contribution in [0.2, 0.25) is 0 Å². The molecule has 1 aromatic carbocycles. The first-order chi connectivity index (χ1) is 12.2.